The highest BCUT2D eigenvalue weighted by molar-refractivity contribution is 5.48. The molecule has 1 aromatic rings. The van der Waals surface area contributed by atoms with Crippen molar-refractivity contribution >= 4 is 5.69 Å². The topological polar surface area (TPSA) is 37.8 Å². The van der Waals surface area contributed by atoms with Gasteiger partial charge in [0.1, 0.15) is 6.10 Å². The predicted octanol–water partition coefficient (Wildman–Crippen LogP) is 4.12. The Morgan fingerprint density at radius 3 is 2.46 bits per heavy atom. The number of nitrogens with zero attached hydrogens (tertiary/aromatic N) is 3. The molecule has 0 N–H and O–H groups in total. The first-order valence-corrected chi connectivity index (χ1v) is 11.4. The average Bonchev–Trinajstić information content (AvgIpc) is 2.69. The van der Waals surface area contributed by atoms with Crippen molar-refractivity contribution in [2.45, 2.75) is 77.1 Å². The summed E-state index contributed by atoms with van der Waals surface area (Å²) < 4.78 is 12.5. The van der Waals surface area contributed by atoms with Crippen molar-refractivity contribution in [3.8, 4) is 5.88 Å². The van der Waals surface area contributed by atoms with Gasteiger partial charge in [-0.1, -0.05) is 13.8 Å². The van der Waals surface area contributed by atoms with Gasteiger partial charge < -0.3 is 19.3 Å². The molecule has 5 heteroatoms. The SMILES string of the molecule is CCCN1CCC(OC2CC(Oc3cc(N4CCC(C)CC4)ccn3)C2)CC1. The number of ether oxygens (including phenoxy) is 2. The Kier molecular flexibility index (Phi) is 6.73. The minimum Gasteiger partial charge on any atom is -0.474 e. The molecule has 1 aromatic heterocycles. The minimum absolute atomic E-state index is 0.259. The number of piperidine rings is 2. The number of aromatic nitrogens is 1. The van der Waals surface area contributed by atoms with Crippen LogP contribution in [-0.4, -0.2) is 60.9 Å². The van der Waals surface area contributed by atoms with Crippen LogP contribution in [0.4, 0.5) is 5.69 Å². The van der Waals surface area contributed by atoms with Crippen molar-refractivity contribution in [3.63, 3.8) is 0 Å². The van der Waals surface area contributed by atoms with Crippen molar-refractivity contribution < 1.29 is 9.47 Å². The summed E-state index contributed by atoms with van der Waals surface area (Å²) in [6.07, 6.45) is 11.1. The second-order valence-electron chi connectivity index (χ2n) is 9.03. The lowest BCUT2D eigenvalue weighted by molar-refractivity contribution is -0.110. The number of pyridine rings is 1. The Labute approximate surface area is 170 Å². The number of rotatable bonds is 7. The molecule has 28 heavy (non-hydrogen) atoms. The number of anilines is 1. The lowest BCUT2D eigenvalue weighted by atomic mass is 9.91. The predicted molar refractivity (Wildman–Crippen MR) is 113 cm³/mol. The Hall–Kier alpha value is -1.33. The van der Waals surface area contributed by atoms with Crippen LogP contribution in [0.15, 0.2) is 18.3 Å². The number of hydrogen-bond acceptors (Lipinski definition) is 5. The summed E-state index contributed by atoms with van der Waals surface area (Å²) in [6, 6.07) is 4.23. The van der Waals surface area contributed by atoms with E-state index in [1.165, 1.54) is 57.4 Å². The van der Waals surface area contributed by atoms with E-state index in [0.29, 0.717) is 12.2 Å². The normalized spacial score (nSPS) is 27.6. The summed E-state index contributed by atoms with van der Waals surface area (Å²) in [5.41, 5.74) is 1.25. The third kappa shape index (κ3) is 5.18. The van der Waals surface area contributed by atoms with E-state index >= 15 is 0 Å². The second kappa shape index (κ2) is 9.45. The average molecular weight is 388 g/mol. The van der Waals surface area contributed by atoms with Gasteiger partial charge in [-0.05, 0) is 50.6 Å². The van der Waals surface area contributed by atoms with E-state index in [0.717, 1.165) is 37.7 Å². The summed E-state index contributed by atoms with van der Waals surface area (Å²) in [5.74, 6) is 1.62. The summed E-state index contributed by atoms with van der Waals surface area (Å²) in [5, 5.41) is 0. The molecule has 0 unspecified atom stereocenters. The van der Waals surface area contributed by atoms with Crippen LogP contribution in [0.5, 0.6) is 5.88 Å². The fraction of sp³-hybridized carbons (Fsp3) is 0.783. The van der Waals surface area contributed by atoms with Gasteiger partial charge in [0.05, 0.1) is 12.2 Å². The van der Waals surface area contributed by atoms with Crippen LogP contribution in [-0.2, 0) is 4.74 Å². The molecule has 156 valence electrons. The van der Waals surface area contributed by atoms with Crippen LogP contribution in [0.2, 0.25) is 0 Å². The quantitative estimate of drug-likeness (QED) is 0.704. The van der Waals surface area contributed by atoms with Crippen LogP contribution in [0.25, 0.3) is 0 Å². The zero-order valence-electron chi connectivity index (χ0n) is 17.7. The smallest absolute Gasteiger partial charge is 0.215 e. The lowest BCUT2D eigenvalue weighted by Gasteiger charge is -2.39. The largest absolute Gasteiger partial charge is 0.474 e. The second-order valence-corrected chi connectivity index (χ2v) is 9.03. The van der Waals surface area contributed by atoms with Gasteiger partial charge in [-0.15, -0.1) is 0 Å². The molecule has 0 bridgehead atoms. The van der Waals surface area contributed by atoms with Gasteiger partial charge in [0.25, 0.3) is 0 Å². The first-order chi connectivity index (χ1) is 13.7. The highest BCUT2D eigenvalue weighted by atomic mass is 16.5. The van der Waals surface area contributed by atoms with E-state index in [4.69, 9.17) is 9.47 Å². The van der Waals surface area contributed by atoms with Gasteiger partial charge >= 0.3 is 0 Å². The number of likely N-dealkylation sites (tertiary alicyclic amines) is 1. The van der Waals surface area contributed by atoms with E-state index in [2.05, 4.69) is 40.8 Å². The fourth-order valence-corrected chi connectivity index (χ4v) is 4.68. The first kappa shape index (κ1) is 20.0. The molecular formula is C23H37N3O2. The Morgan fingerprint density at radius 1 is 1.00 bits per heavy atom. The van der Waals surface area contributed by atoms with E-state index in [9.17, 15) is 0 Å². The van der Waals surface area contributed by atoms with Gasteiger partial charge in [-0.25, -0.2) is 4.98 Å². The Balaban J connectivity index is 1.18. The van der Waals surface area contributed by atoms with Crippen molar-refractivity contribution in [1.82, 2.24) is 9.88 Å². The molecule has 0 amide bonds. The zero-order valence-corrected chi connectivity index (χ0v) is 17.7. The fourth-order valence-electron chi connectivity index (χ4n) is 4.68. The van der Waals surface area contributed by atoms with Crippen LogP contribution >= 0.6 is 0 Å². The Morgan fingerprint density at radius 2 is 1.75 bits per heavy atom. The van der Waals surface area contributed by atoms with Crippen LogP contribution in [0.3, 0.4) is 0 Å². The zero-order chi connectivity index (χ0) is 19.3. The molecule has 1 aliphatic carbocycles. The summed E-state index contributed by atoms with van der Waals surface area (Å²) in [6.45, 7) is 10.5. The van der Waals surface area contributed by atoms with Gasteiger partial charge in [-0.3, -0.25) is 0 Å². The minimum atomic E-state index is 0.259. The molecule has 3 aliphatic rings. The van der Waals surface area contributed by atoms with Crippen LogP contribution in [0, 0.1) is 5.92 Å². The maximum Gasteiger partial charge on any atom is 0.215 e. The summed E-state index contributed by atoms with van der Waals surface area (Å²) in [7, 11) is 0. The molecule has 2 aliphatic heterocycles. The van der Waals surface area contributed by atoms with Gasteiger partial charge in [-0.2, -0.15) is 0 Å². The molecule has 0 spiro atoms. The molecule has 5 nitrogen and oxygen atoms in total. The van der Waals surface area contributed by atoms with Gasteiger partial charge in [0.15, 0.2) is 0 Å². The molecule has 2 saturated heterocycles. The summed E-state index contributed by atoms with van der Waals surface area (Å²) >= 11 is 0. The van der Waals surface area contributed by atoms with E-state index < -0.39 is 0 Å². The third-order valence-electron chi connectivity index (χ3n) is 6.67. The molecule has 0 radical (unpaired) electrons. The van der Waals surface area contributed by atoms with Crippen molar-refractivity contribution in [1.29, 1.82) is 0 Å². The molecule has 3 fully saturated rings. The highest BCUT2D eigenvalue weighted by Crippen LogP contribution is 2.32. The standard InChI is InChI=1S/C23H37N3O2/c1-3-10-25-11-7-20(8-12-25)27-21-16-22(17-21)28-23-15-19(4-9-24-23)26-13-5-18(2)6-14-26/h4,9,15,18,20-22H,3,5-8,10-14,16-17H2,1-2H3. The molecular weight excluding hydrogens is 350 g/mol. The van der Waals surface area contributed by atoms with E-state index in [-0.39, 0.29) is 6.10 Å². The van der Waals surface area contributed by atoms with E-state index in [1.807, 2.05) is 6.20 Å². The Bertz CT molecular complexity index is 604. The molecule has 4 rings (SSSR count). The third-order valence-corrected chi connectivity index (χ3v) is 6.67. The van der Waals surface area contributed by atoms with Gasteiger partial charge in [0.2, 0.25) is 5.88 Å². The molecule has 1 saturated carbocycles. The van der Waals surface area contributed by atoms with E-state index in [1.54, 1.807) is 0 Å². The van der Waals surface area contributed by atoms with Crippen molar-refractivity contribution in [3.05, 3.63) is 18.3 Å². The van der Waals surface area contributed by atoms with Crippen LogP contribution < -0.4 is 9.64 Å². The summed E-state index contributed by atoms with van der Waals surface area (Å²) in [4.78, 5) is 9.47. The monoisotopic (exact) mass is 387 g/mol. The number of hydrogen-bond donors (Lipinski definition) is 0. The van der Waals surface area contributed by atoms with Crippen molar-refractivity contribution in [2.75, 3.05) is 37.6 Å². The van der Waals surface area contributed by atoms with Crippen LogP contribution in [0.1, 0.15) is 58.8 Å². The first-order valence-electron chi connectivity index (χ1n) is 11.4. The highest BCUT2D eigenvalue weighted by Gasteiger charge is 2.34. The molecule has 0 atom stereocenters. The van der Waals surface area contributed by atoms with Gasteiger partial charge in [0, 0.05) is 57.0 Å². The maximum absolute atomic E-state index is 6.32. The molecule has 3 heterocycles. The maximum atomic E-state index is 6.32. The lowest BCUT2D eigenvalue weighted by Crippen LogP contribution is -2.44. The van der Waals surface area contributed by atoms with Crippen molar-refractivity contribution in [2.24, 2.45) is 5.92 Å². The molecule has 0 aromatic carbocycles.